The summed E-state index contributed by atoms with van der Waals surface area (Å²) in [6.45, 7) is 3.37. The smallest absolute Gasteiger partial charge is 0.256 e. The molecule has 0 saturated heterocycles. The highest BCUT2D eigenvalue weighted by atomic mass is 35.5. The molecule has 28 heavy (non-hydrogen) atoms. The number of halogens is 1. The Morgan fingerprint density at radius 2 is 2.14 bits per heavy atom. The van der Waals surface area contributed by atoms with E-state index in [1.165, 1.54) is 0 Å². The predicted octanol–water partition coefficient (Wildman–Crippen LogP) is 4.34. The lowest BCUT2D eigenvalue weighted by Gasteiger charge is -2.21. The number of amides is 1. The highest BCUT2D eigenvalue weighted by Crippen LogP contribution is 2.43. The maximum atomic E-state index is 12.5. The maximum absolute atomic E-state index is 12.5. The molecular weight excluding hydrogens is 376 g/mol. The van der Waals surface area contributed by atoms with Crippen LogP contribution in [0, 0.1) is 6.92 Å². The van der Waals surface area contributed by atoms with Gasteiger partial charge in [-0.25, -0.2) is 4.98 Å². The van der Waals surface area contributed by atoms with E-state index in [1.807, 2.05) is 43.5 Å². The number of hydrogen-bond donors (Lipinski definition) is 3. The molecule has 7 heteroatoms. The number of pyridine rings is 1. The van der Waals surface area contributed by atoms with Crippen molar-refractivity contribution in [2.24, 2.45) is 0 Å². The quantitative estimate of drug-likeness (QED) is 0.567. The summed E-state index contributed by atoms with van der Waals surface area (Å²) in [7, 11) is 0. The monoisotopic (exact) mass is 392 g/mol. The Hall–Kier alpha value is -3.25. The topological polar surface area (TPSA) is 79.0 Å². The lowest BCUT2D eigenvalue weighted by Crippen LogP contribution is -2.20. The molecule has 0 aliphatic carbocycles. The molecule has 1 aromatic carbocycles. The van der Waals surface area contributed by atoms with Crippen molar-refractivity contribution in [2.45, 2.75) is 6.92 Å². The molecule has 0 atom stereocenters. The molecule has 2 aliphatic rings. The van der Waals surface area contributed by atoms with Crippen LogP contribution in [0.2, 0.25) is 5.02 Å². The Bertz CT molecular complexity index is 1140. The van der Waals surface area contributed by atoms with Crippen LogP contribution >= 0.6 is 11.6 Å². The summed E-state index contributed by atoms with van der Waals surface area (Å²) in [6.07, 6.45) is 5.44. The lowest BCUT2D eigenvalue weighted by molar-refractivity contribution is -0.110. The summed E-state index contributed by atoms with van der Waals surface area (Å²) in [4.78, 5) is 20.1. The van der Waals surface area contributed by atoms with Gasteiger partial charge in [0.2, 0.25) is 5.88 Å². The number of rotatable bonds is 2. The first kappa shape index (κ1) is 16.9. The minimum absolute atomic E-state index is 0.168. The van der Waals surface area contributed by atoms with Gasteiger partial charge >= 0.3 is 0 Å². The zero-order chi connectivity index (χ0) is 19.3. The van der Waals surface area contributed by atoms with Gasteiger partial charge in [-0.05, 0) is 48.4 Å². The Morgan fingerprint density at radius 3 is 2.96 bits per heavy atom. The zero-order valence-electron chi connectivity index (χ0n) is 15.1. The van der Waals surface area contributed by atoms with E-state index in [1.54, 1.807) is 6.20 Å². The minimum Gasteiger partial charge on any atom is -0.474 e. The van der Waals surface area contributed by atoms with Gasteiger partial charge in [0.05, 0.1) is 16.3 Å². The highest BCUT2D eigenvalue weighted by molar-refractivity contribution is 6.41. The predicted molar refractivity (Wildman–Crippen MR) is 111 cm³/mol. The number of carbonyl (C=O) groups excluding carboxylic acids is 1. The summed E-state index contributed by atoms with van der Waals surface area (Å²) in [5.41, 5.74) is 6.63. The molecule has 0 radical (unpaired) electrons. The molecule has 0 unspecified atom stereocenters. The van der Waals surface area contributed by atoms with Crippen LogP contribution in [0.25, 0.3) is 22.8 Å². The number of fused-ring (bicyclic) bond motifs is 2. The van der Waals surface area contributed by atoms with Crippen molar-refractivity contribution in [1.29, 1.82) is 0 Å². The molecule has 0 fully saturated rings. The van der Waals surface area contributed by atoms with Crippen LogP contribution in [-0.2, 0) is 4.79 Å². The maximum Gasteiger partial charge on any atom is 0.256 e. The second-order valence-electron chi connectivity index (χ2n) is 6.77. The van der Waals surface area contributed by atoms with Gasteiger partial charge < -0.3 is 20.4 Å². The van der Waals surface area contributed by atoms with E-state index in [9.17, 15) is 4.79 Å². The molecule has 6 nitrogen and oxygen atoms in total. The van der Waals surface area contributed by atoms with Gasteiger partial charge in [0, 0.05) is 35.8 Å². The van der Waals surface area contributed by atoms with Crippen LogP contribution in [0.1, 0.15) is 16.8 Å². The van der Waals surface area contributed by atoms with Gasteiger partial charge in [-0.2, -0.15) is 0 Å². The molecular formula is C21H17ClN4O2. The van der Waals surface area contributed by atoms with Crippen LogP contribution in [0.3, 0.4) is 0 Å². The molecule has 4 heterocycles. The molecule has 3 N–H and O–H groups in total. The lowest BCUT2D eigenvalue weighted by atomic mass is 9.96. The summed E-state index contributed by atoms with van der Waals surface area (Å²) in [5.74, 6) is 0.447. The van der Waals surface area contributed by atoms with E-state index < -0.39 is 0 Å². The molecule has 3 aromatic rings. The number of ether oxygens (including phenoxy) is 1. The van der Waals surface area contributed by atoms with Gasteiger partial charge in [-0.3, -0.25) is 4.79 Å². The Kier molecular flexibility index (Phi) is 3.87. The average Bonchev–Trinajstić information content (AvgIpc) is 3.32. The zero-order valence-corrected chi connectivity index (χ0v) is 15.9. The van der Waals surface area contributed by atoms with Crippen molar-refractivity contribution in [3.05, 3.63) is 58.5 Å². The van der Waals surface area contributed by atoms with Gasteiger partial charge in [-0.15, -0.1) is 0 Å². The van der Waals surface area contributed by atoms with E-state index in [2.05, 4.69) is 20.6 Å². The molecule has 2 aliphatic heterocycles. The number of nitrogens with zero attached hydrogens (tertiary/aromatic N) is 1. The fourth-order valence-corrected chi connectivity index (χ4v) is 3.92. The fraction of sp³-hybridized carbons (Fsp3) is 0.143. The van der Waals surface area contributed by atoms with Crippen molar-refractivity contribution in [3.8, 4) is 17.0 Å². The number of carbonyl (C=O) groups is 1. The average molecular weight is 393 g/mol. The number of hydrogen-bond acceptors (Lipinski definition) is 4. The third-order valence-corrected chi connectivity index (χ3v) is 5.34. The number of nitrogens with one attached hydrogen (secondary N) is 3. The van der Waals surface area contributed by atoms with Gasteiger partial charge in [0.15, 0.2) is 0 Å². The number of H-pyrrole nitrogens is 1. The van der Waals surface area contributed by atoms with Crippen LogP contribution < -0.4 is 15.4 Å². The van der Waals surface area contributed by atoms with E-state index in [-0.39, 0.29) is 5.91 Å². The first-order valence-electron chi connectivity index (χ1n) is 8.99. The SMILES string of the molecule is Cc1c(-c2cc(Cl)c3c(c2)C(=Cc2ccc[nH]2)C(=O)N3)cnc2c1NCCO2. The van der Waals surface area contributed by atoms with E-state index in [4.69, 9.17) is 16.3 Å². The normalized spacial score (nSPS) is 16.2. The van der Waals surface area contributed by atoms with Crippen LogP contribution in [0.4, 0.5) is 11.4 Å². The van der Waals surface area contributed by atoms with Crippen LogP contribution in [0.5, 0.6) is 5.88 Å². The second kappa shape index (κ2) is 6.42. The van der Waals surface area contributed by atoms with Crippen LogP contribution in [0.15, 0.2) is 36.7 Å². The number of aromatic amines is 1. The van der Waals surface area contributed by atoms with Crippen molar-refractivity contribution < 1.29 is 9.53 Å². The van der Waals surface area contributed by atoms with E-state index >= 15 is 0 Å². The fourth-order valence-electron chi connectivity index (χ4n) is 3.65. The summed E-state index contributed by atoms with van der Waals surface area (Å²) >= 11 is 6.52. The van der Waals surface area contributed by atoms with Gasteiger partial charge in [-0.1, -0.05) is 11.6 Å². The largest absolute Gasteiger partial charge is 0.474 e. The van der Waals surface area contributed by atoms with Crippen LogP contribution in [-0.4, -0.2) is 29.0 Å². The standard InChI is InChI=1S/C21H17ClN4O2/c1-11-16(10-25-21-18(11)24-5-6-28-21)12-7-14-15(9-13-3-2-4-23-13)20(27)26-19(14)17(22)8-12/h2-4,7-10,23-24H,5-6H2,1H3,(H,26,27). The van der Waals surface area contributed by atoms with E-state index in [0.717, 1.165) is 40.2 Å². The summed E-state index contributed by atoms with van der Waals surface area (Å²) in [6, 6.07) is 7.64. The van der Waals surface area contributed by atoms with Crippen molar-refractivity contribution in [3.63, 3.8) is 0 Å². The van der Waals surface area contributed by atoms with Crippen molar-refractivity contribution in [2.75, 3.05) is 23.8 Å². The summed E-state index contributed by atoms with van der Waals surface area (Å²) in [5, 5.41) is 6.72. The summed E-state index contributed by atoms with van der Waals surface area (Å²) < 4.78 is 5.62. The number of benzene rings is 1. The Balaban J connectivity index is 1.66. The van der Waals surface area contributed by atoms with Crippen molar-refractivity contribution in [1.82, 2.24) is 9.97 Å². The first-order valence-corrected chi connectivity index (χ1v) is 9.36. The molecule has 5 rings (SSSR count). The Labute approximate surface area is 166 Å². The minimum atomic E-state index is -0.168. The number of anilines is 2. The van der Waals surface area contributed by atoms with Crippen molar-refractivity contribution >= 4 is 40.5 Å². The molecule has 2 aromatic heterocycles. The van der Waals surface area contributed by atoms with E-state index in [0.29, 0.717) is 28.8 Å². The highest BCUT2D eigenvalue weighted by Gasteiger charge is 2.28. The molecule has 1 amide bonds. The second-order valence-corrected chi connectivity index (χ2v) is 7.18. The molecule has 0 bridgehead atoms. The molecule has 0 saturated carbocycles. The third kappa shape index (κ3) is 2.65. The third-order valence-electron chi connectivity index (χ3n) is 5.04. The number of aromatic nitrogens is 2. The first-order chi connectivity index (χ1) is 13.6. The molecule has 140 valence electrons. The Morgan fingerprint density at radius 1 is 1.25 bits per heavy atom. The van der Waals surface area contributed by atoms with Gasteiger partial charge in [0.25, 0.3) is 5.91 Å². The van der Waals surface area contributed by atoms with Gasteiger partial charge in [0.1, 0.15) is 12.3 Å². The molecule has 0 spiro atoms.